The van der Waals surface area contributed by atoms with Gasteiger partial charge in [-0.1, -0.05) is 0 Å². The number of hydrogen-bond donors (Lipinski definition) is 0. The molecule has 2 rings (SSSR count). The van der Waals surface area contributed by atoms with Crippen LogP contribution in [0, 0.1) is 10.1 Å². The summed E-state index contributed by atoms with van der Waals surface area (Å²) in [5.41, 5.74) is -0.412. The van der Waals surface area contributed by atoms with Crippen LogP contribution < -0.4 is 4.90 Å². The molecule has 0 atom stereocenters. The molecule has 1 heterocycles. The van der Waals surface area contributed by atoms with Gasteiger partial charge in [-0.2, -0.15) is 4.98 Å². The highest BCUT2D eigenvalue weighted by atomic mass is 35.5. The molecule has 9 heteroatoms. The molecule has 1 aliphatic rings. The first-order valence-electron chi connectivity index (χ1n) is 6.09. The molecule has 1 fully saturated rings. The molecule has 0 saturated heterocycles. The number of alkyl halides is 2. The predicted octanol–water partition coefficient (Wildman–Crippen LogP) is 3.05. The van der Waals surface area contributed by atoms with Gasteiger partial charge in [-0.25, -0.2) is 13.8 Å². The zero-order chi connectivity index (χ0) is 14.9. The van der Waals surface area contributed by atoms with Crippen LogP contribution in [0.1, 0.15) is 26.2 Å². The van der Waals surface area contributed by atoms with E-state index in [1.165, 1.54) is 4.90 Å². The van der Waals surface area contributed by atoms with Crippen LogP contribution in [-0.4, -0.2) is 33.4 Å². The van der Waals surface area contributed by atoms with Gasteiger partial charge in [0.15, 0.2) is 0 Å². The van der Waals surface area contributed by atoms with E-state index in [9.17, 15) is 18.9 Å². The summed E-state index contributed by atoms with van der Waals surface area (Å²) in [5, 5.41) is 10.8. The summed E-state index contributed by atoms with van der Waals surface area (Å²) in [4.78, 5) is 18.9. The first kappa shape index (κ1) is 14.8. The second-order valence-electron chi connectivity index (χ2n) is 4.89. The maximum atomic E-state index is 13.3. The smallest absolute Gasteiger partial charge is 0.329 e. The SMILES string of the molecule is CC(F)(F)CN(c1nc(Cl)ncc1[N+](=O)[O-])C1CCC1. The molecule has 0 unspecified atom stereocenters. The molecule has 0 spiro atoms. The molecule has 0 amide bonds. The van der Waals surface area contributed by atoms with Gasteiger partial charge in [0.1, 0.15) is 6.20 Å². The summed E-state index contributed by atoms with van der Waals surface area (Å²) in [6.45, 7) is 0.138. The van der Waals surface area contributed by atoms with Gasteiger partial charge in [-0.3, -0.25) is 10.1 Å². The molecular weight excluding hydrogens is 294 g/mol. The van der Waals surface area contributed by atoms with Gasteiger partial charge >= 0.3 is 5.69 Å². The molecule has 110 valence electrons. The average Bonchev–Trinajstić information content (AvgIpc) is 2.23. The molecule has 0 radical (unpaired) electrons. The monoisotopic (exact) mass is 306 g/mol. The summed E-state index contributed by atoms with van der Waals surface area (Å²) in [7, 11) is 0. The molecule has 1 aromatic rings. The molecular formula is C11H13ClF2N4O2. The number of rotatable bonds is 5. The van der Waals surface area contributed by atoms with E-state index in [4.69, 9.17) is 11.6 Å². The second kappa shape index (κ2) is 5.43. The molecule has 1 aromatic heterocycles. The second-order valence-corrected chi connectivity index (χ2v) is 5.23. The maximum Gasteiger partial charge on any atom is 0.329 e. The van der Waals surface area contributed by atoms with E-state index in [2.05, 4.69) is 9.97 Å². The predicted molar refractivity (Wildman–Crippen MR) is 69.3 cm³/mol. The normalized spacial score (nSPS) is 15.8. The lowest BCUT2D eigenvalue weighted by molar-refractivity contribution is -0.384. The largest absolute Gasteiger partial charge is 0.342 e. The molecule has 0 aromatic carbocycles. The Labute approximate surface area is 118 Å². The van der Waals surface area contributed by atoms with Crippen molar-refractivity contribution in [1.29, 1.82) is 0 Å². The summed E-state index contributed by atoms with van der Waals surface area (Å²) >= 11 is 5.64. The van der Waals surface area contributed by atoms with Crippen molar-refractivity contribution in [3.05, 3.63) is 21.6 Å². The summed E-state index contributed by atoms with van der Waals surface area (Å²) in [6.07, 6.45) is 3.26. The Morgan fingerprint density at radius 1 is 1.60 bits per heavy atom. The van der Waals surface area contributed by atoms with E-state index >= 15 is 0 Å². The first-order valence-corrected chi connectivity index (χ1v) is 6.47. The van der Waals surface area contributed by atoms with Crippen molar-refractivity contribution in [2.45, 2.75) is 38.2 Å². The van der Waals surface area contributed by atoms with Gasteiger partial charge in [-0.05, 0) is 30.9 Å². The standard InChI is InChI=1S/C11H13ClF2N4O2/c1-11(13,14)6-17(7-3-2-4-7)9-8(18(19)20)5-15-10(12)16-9/h5,7H,2-4,6H2,1H3. The number of aromatic nitrogens is 2. The fourth-order valence-electron chi connectivity index (χ4n) is 2.06. The minimum atomic E-state index is -2.99. The van der Waals surface area contributed by atoms with Crippen molar-refractivity contribution in [3.63, 3.8) is 0 Å². The molecule has 1 saturated carbocycles. The fraction of sp³-hybridized carbons (Fsp3) is 0.636. The van der Waals surface area contributed by atoms with Crippen LogP contribution in [0.2, 0.25) is 5.28 Å². The van der Waals surface area contributed by atoms with E-state index in [1.807, 2.05) is 0 Å². The minimum absolute atomic E-state index is 0.138. The Morgan fingerprint density at radius 3 is 2.70 bits per heavy atom. The lowest BCUT2D eigenvalue weighted by atomic mass is 9.91. The lowest BCUT2D eigenvalue weighted by Gasteiger charge is -2.39. The van der Waals surface area contributed by atoms with Crippen LogP contribution in [0.3, 0.4) is 0 Å². The minimum Gasteiger partial charge on any atom is -0.342 e. The van der Waals surface area contributed by atoms with E-state index in [-0.39, 0.29) is 17.1 Å². The van der Waals surface area contributed by atoms with Crippen molar-refractivity contribution in [2.24, 2.45) is 0 Å². The van der Waals surface area contributed by atoms with Gasteiger partial charge in [0.05, 0.1) is 11.5 Å². The van der Waals surface area contributed by atoms with Gasteiger partial charge in [-0.15, -0.1) is 0 Å². The lowest BCUT2D eigenvalue weighted by Crippen LogP contribution is -2.46. The summed E-state index contributed by atoms with van der Waals surface area (Å²) in [6, 6.07) is -0.175. The molecule has 6 nitrogen and oxygen atoms in total. The van der Waals surface area contributed by atoms with Crippen molar-refractivity contribution < 1.29 is 13.7 Å². The first-order chi connectivity index (χ1) is 9.28. The molecule has 0 N–H and O–H groups in total. The third kappa shape index (κ3) is 3.30. The van der Waals surface area contributed by atoms with E-state index < -0.39 is 23.1 Å². The average molecular weight is 307 g/mol. The van der Waals surface area contributed by atoms with E-state index in [0.29, 0.717) is 12.8 Å². The Bertz CT molecular complexity index is 520. The zero-order valence-corrected chi connectivity index (χ0v) is 11.5. The number of anilines is 1. The van der Waals surface area contributed by atoms with Crippen molar-refractivity contribution in [1.82, 2.24) is 9.97 Å². The van der Waals surface area contributed by atoms with Crippen molar-refractivity contribution >= 4 is 23.1 Å². The third-order valence-corrected chi connectivity index (χ3v) is 3.33. The van der Waals surface area contributed by atoms with E-state index in [0.717, 1.165) is 19.5 Å². The van der Waals surface area contributed by atoms with Gasteiger partial charge in [0, 0.05) is 13.0 Å². The third-order valence-electron chi connectivity index (χ3n) is 3.15. The summed E-state index contributed by atoms with van der Waals surface area (Å²) < 4.78 is 26.6. The maximum absolute atomic E-state index is 13.3. The fourth-order valence-corrected chi connectivity index (χ4v) is 2.19. The Kier molecular flexibility index (Phi) is 4.03. The van der Waals surface area contributed by atoms with Crippen LogP contribution in [-0.2, 0) is 0 Å². The number of nitrogens with zero attached hydrogens (tertiary/aromatic N) is 4. The zero-order valence-electron chi connectivity index (χ0n) is 10.7. The van der Waals surface area contributed by atoms with Gasteiger partial charge in [0.2, 0.25) is 11.1 Å². The van der Waals surface area contributed by atoms with Crippen LogP contribution in [0.5, 0.6) is 0 Å². The highest BCUT2D eigenvalue weighted by molar-refractivity contribution is 6.28. The highest BCUT2D eigenvalue weighted by Gasteiger charge is 2.37. The number of nitro groups is 1. The molecule has 0 bridgehead atoms. The summed E-state index contributed by atoms with van der Waals surface area (Å²) in [5.74, 6) is -3.12. The van der Waals surface area contributed by atoms with Crippen molar-refractivity contribution in [2.75, 3.05) is 11.4 Å². The topological polar surface area (TPSA) is 72.2 Å². The van der Waals surface area contributed by atoms with E-state index in [1.54, 1.807) is 0 Å². The quantitative estimate of drug-likeness (QED) is 0.475. The van der Waals surface area contributed by atoms with Crippen molar-refractivity contribution in [3.8, 4) is 0 Å². The van der Waals surface area contributed by atoms with Crippen LogP contribution in [0.25, 0.3) is 0 Å². The Hall–Kier alpha value is -1.57. The van der Waals surface area contributed by atoms with Crippen LogP contribution in [0.15, 0.2) is 6.20 Å². The van der Waals surface area contributed by atoms with Gasteiger partial charge < -0.3 is 4.90 Å². The van der Waals surface area contributed by atoms with Crippen LogP contribution >= 0.6 is 11.6 Å². The highest BCUT2D eigenvalue weighted by Crippen LogP contribution is 2.35. The van der Waals surface area contributed by atoms with Crippen LogP contribution in [0.4, 0.5) is 20.3 Å². The Balaban J connectivity index is 2.41. The van der Waals surface area contributed by atoms with Gasteiger partial charge in [0.25, 0.3) is 5.92 Å². The Morgan fingerprint density at radius 2 is 2.25 bits per heavy atom. The number of halogens is 3. The molecule has 0 aliphatic heterocycles. The molecule has 20 heavy (non-hydrogen) atoms. The number of hydrogen-bond acceptors (Lipinski definition) is 5. The molecule has 1 aliphatic carbocycles.